The molecule has 1 heterocycles. The summed E-state index contributed by atoms with van der Waals surface area (Å²) in [6.07, 6.45) is -0.399. The minimum absolute atomic E-state index is 0.0189. The highest BCUT2D eigenvalue weighted by atomic mass is 35.5. The second-order valence-electron chi connectivity index (χ2n) is 2.64. The van der Waals surface area contributed by atoms with E-state index in [0.29, 0.717) is 0 Å². The molecule has 0 amide bonds. The van der Waals surface area contributed by atoms with Crippen LogP contribution in [-0.4, -0.2) is 23.8 Å². The van der Waals surface area contributed by atoms with E-state index in [1.165, 1.54) is 19.2 Å². The van der Waals surface area contributed by atoms with Crippen LogP contribution in [0.5, 0.6) is 0 Å². The summed E-state index contributed by atoms with van der Waals surface area (Å²) >= 11 is 11.3. The fourth-order valence-electron chi connectivity index (χ4n) is 0.901. The van der Waals surface area contributed by atoms with E-state index >= 15 is 0 Å². The molecule has 15 heavy (non-hydrogen) atoms. The van der Waals surface area contributed by atoms with E-state index in [9.17, 15) is 9.59 Å². The predicted molar refractivity (Wildman–Crippen MR) is 55.2 cm³/mol. The number of rotatable bonds is 3. The zero-order chi connectivity index (χ0) is 11.4. The van der Waals surface area contributed by atoms with Crippen LogP contribution in [0.3, 0.4) is 0 Å². The monoisotopic (exact) mass is 247 g/mol. The molecule has 0 atom stereocenters. The highest BCUT2D eigenvalue weighted by molar-refractivity contribution is 6.35. The van der Waals surface area contributed by atoms with Crippen LogP contribution >= 0.6 is 23.2 Å². The summed E-state index contributed by atoms with van der Waals surface area (Å²) in [5, 5.41) is 0.306. The third-order valence-electron chi connectivity index (χ3n) is 1.61. The molecule has 0 saturated carbocycles. The Labute approximate surface area is 96.2 Å². The lowest BCUT2D eigenvalue weighted by atomic mass is 10.2. The fraction of sp³-hybridized carbons (Fsp3) is 0.222. The Hall–Kier alpha value is -1.13. The van der Waals surface area contributed by atoms with Crippen LogP contribution in [0.15, 0.2) is 12.1 Å². The summed E-state index contributed by atoms with van der Waals surface area (Å²) in [6, 6.07) is 2.90. The number of pyridine rings is 1. The summed E-state index contributed by atoms with van der Waals surface area (Å²) in [6.45, 7) is 0. The van der Waals surface area contributed by atoms with Crippen molar-refractivity contribution in [1.82, 2.24) is 4.98 Å². The van der Waals surface area contributed by atoms with E-state index in [-0.39, 0.29) is 15.9 Å². The van der Waals surface area contributed by atoms with Gasteiger partial charge in [0.15, 0.2) is 5.78 Å². The van der Waals surface area contributed by atoms with Crippen molar-refractivity contribution in [3.8, 4) is 0 Å². The average molecular weight is 248 g/mol. The van der Waals surface area contributed by atoms with Gasteiger partial charge in [-0.25, -0.2) is 4.98 Å². The molecule has 1 aromatic heterocycles. The predicted octanol–water partition coefficient (Wildman–Crippen LogP) is 2.13. The van der Waals surface area contributed by atoms with Crippen molar-refractivity contribution in [3.63, 3.8) is 0 Å². The molecule has 4 nitrogen and oxygen atoms in total. The van der Waals surface area contributed by atoms with Gasteiger partial charge in [-0.15, -0.1) is 0 Å². The number of hydrogen-bond acceptors (Lipinski definition) is 4. The minimum atomic E-state index is -0.641. The van der Waals surface area contributed by atoms with Crippen molar-refractivity contribution < 1.29 is 14.3 Å². The molecule has 0 aromatic carbocycles. The maximum Gasteiger partial charge on any atom is 0.313 e. The number of esters is 1. The van der Waals surface area contributed by atoms with Gasteiger partial charge in [0.1, 0.15) is 17.3 Å². The van der Waals surface area contributed by atoms with E-state index in [2.05, 4.69) is 9.72 Å². The summed E-state index contributed by atoms with van der Waals surface area (Å²) in [4.78, 5) is 26.1. The standard InChI is InChI=1S/C9H7Cl2NO3/c1-15-8(14)4-6(13)9-5(10)2-3-7(11)12-9/h2-3H,4H2,1H3. The van der Waals surface area contributed by atoms with E-state index in [1.807, 2.05) is 0 Å². The van der Waals surface area contributed by atoms with Crippen LogP contribution in [0.25, 0.3) is 0 Å². The Bertz CT molecular complexity index is 406. The Balaban J connectivity index is 2.91. The molecule has 0 unspecified atom stereocenters. The van der Waals surface area contributed by atoms with E-state index < -0.39 is 18.2 Å². The van der Waals surface area contributed by atoms with Crippen molar-refractivity contribution in [2.75, 3.05) is 7.11 Å². The van der Waals surface area contributed by atoms with E-state index in [1.54, 1.807) is 0 Å². The number of carbonyl (C=O) groups excluding carboxylic acids is 2. The number of aromatic nitrogens is 1. The van der Waals surface area contributed by atoms with Gasteiger partial charge in [-0.2, -0.15) is 0 Å². The van der Waals surface area contributed by atoms with Gasteiger partial charge in [-0.3, -0.25) is 9.59 Å². The van der Waals surface area contributed by atoms with Crippen molar-refractivity contribution in [2.24, 2.45) is 0 Å². The van der Waals surface area contributed by atoms with Gasteiger partial charge in [0.2, 0.25) is 0 Å². The smallest absolute Gasteiger partial charge is 0.313 e. The first-order valence-electron chi connectivity index (χ1n) is 3.96. The van der Waals surface area contributed by atoms with Gasteiger partial charge in [0, 0.05) is 0 Å². The van der Waals surface area contributed by atoms with Crippen molar-refractivity contribution in [2.45, 2.75) is 6.42 Å². The molecule has 0 fully saturated rings. The van der Waals surface area contributed by atoms with Gasteiger partial charge >= 0.3 is 5.97 Å². The molecule has 0 spiro atoms. The first kappa shape index (κ1) is 11.9. The SMILES string of the molecule is COC(=O)CC(=O)c1nc(Cl)ccc1Cl. The second kappa shape index (κ2) is 5.09. The number of methoxy groups -OCH3 is 1. The average Bonchev–Trinajstić information content (AvgIpc) is 2.21. The van der Waals surface area contributed by atoms with Gasteiger partial charge in [-0.1, -0.05) is 23.2 Å². The quantitative estimate of drug-likeness (QED) is 0.356. The summed E-state index contributed by atoms with van der Waals surface area (Å²) in [7, 11) is 1.20. The lowest BCUT2D eigenvalue weighted by Gasteiger charge is -2.01. The van der Waals surface area contributed by atoms with Crippen LogP contribution in [0.2, 0.25) is 10.2 Å². The lowest BCUT2D eigenvalue weighted by molar-refractivity contribution is -0.139. The summed E-state index contributed by atoms with van der Waals surface area (Å²) in [5.74, 6) is -1.16. The van der Waals surface area contributed by atoms with Crippen molar-refractivity contribution in [1.29, 1.82) is 0 Å². The van der Waals surface area contributed by atoms with Gasteiger partial charge in [-0.05, 0) is 12.1 Å². The molecule has 1 rings (SSSR count). The molecule has 0 aliphatic heterocycles. The van der Waals surface area contributed by atoms with Gasteiger partial charge < -0.3 is 4.74 Å². The molecule has 6 heteroatoms. The Morgan fingerprint density at radius 3 is 2.67 bits per heavy atom. The largest absolute Gasteiger partial charge is 0.469 e. The molecule has 0 aliphatic carbocycles. The van der Waals surface area contributed by atoms with E-state index in [4.69, 9.17) is 23.2 Å². The van der Waals surface area contributed by atoms with Gasteiger partial charge in [0.25, 0.3) is 0 Å². The van der Waals surface area contributed by atoms with Crippen LogP contribution in [0.1, 0.15) is 16.9 Å². The number of nitrogens with zero attached hydrogens (tertiary/aromatic N) is 1. The zero-order valence-corrected chi connectivity index (χ0v) is 9.30. The van der Waals surface area contributed by atoms with Crippen LogP contribution in [0.4, 0.5) is 0 Å². The maximum atomic E-state index is 11.5. The second-order valence-corrected chi connectivity index (χ2v) is 3.43. The number of hydrogen-bond donors (Lipinski definition) is 0. The molecule has 0 N–H and O–H groups in total. The zero-order valence-electron chi connectivity index (χ0n) is 7.79. The topological polar surface area (TPSA) is 56.3 Å². The van der Waals surface area contributed by atoms with Gasteiger partial charge in [0.05, 0.1) is 12.1 Å². The summed E-state index contributed by atoms with van der Waals surface area (Å²) in [5.41, 5.74) is -0.0189. The minimum Gasteiger partial charge on any atom is -0.469 e. The highest BCUT2D eigenvalue weighted by Crippen LogP contribution is 2.18. The van der Waals surface area contributed by atoms with Crippen LogP contribution in [0, 0.1) is 0 Å². The molecular weight excluding hydrogens is 241 g/mol. The number of carbonyl (C=O) groups is 2. The third-order valence-corrected chi connectivity index (χ3v) is 2.12. The Kier molecular flexibility index (Phi) is 4.05. The Morgan fingerprint density at radius 2 is 2.07 bits per heavy atom. The third kappa shape index (κ3) is 3.18. The van der Waals surface area contributed by atoms with E-state index in [0.717, 1.165) is 0 Å². The lowest BCUT2D eigenvalue weighted by Crippen LogP contribution is -2.11. The summed E-state index contributed by atoms with van der Waals surface area (Å²) < 4.78 is 4.35. The fourth-order valence-corrected chi connectivity index (χ4v) is 1.26. The van der Waals surface area contributed by atoms with Crippen molar-refractivity contribution in [3.05, 3.63) is 28.0 Å². The maximum absolute atomic E-state index is 11.5. The van der Waals surface area contributed by atoms with Crippen LogP contribution in [-0.2, 0) is 9.53 Å². The molecule has 0 aliphatic rings. The number of ether oxygens (including phenoxy) is 1. The van der Waals surface area contributed by atoms with Crippen molar-refractivity contribution >= 4 is 35.0 Å². The molecular formula is C9H7Cl2NO3. The molecule has 0 saturated heterocycles. The number of ketones is 1. The Morgan fingerprint density at radius 1 is 1.40 bits per heavy atom. The number of Topliss-reactive ketones (excluding diaryl/α,β-unsaturated/α-hetero) is 1. The first-order valence-corrected chi connectivity index (χ1v) is 4.72. The first-order chi connectivity index (χ1) is 7.04. The normalized spacial score (nSPS) is 9.80. The molecule has 1 aromatic rings. The number of halogens is 2. The molecule has 0 radical (unpaired) electrons. The molecule has 0 bridgehead atoms. The highest BCUT2D eigenvalue weighted by Gasteiger charge is 2.16. The van der Waals surface area contributed by atoms with Crippen LogP contribution < -0.4 is 0 Å². The molecule has 80 valence electrons.